The molecule has 2 aliphatic rings. The molecule has 36 heavy (non-hydrogen) atoms. The number of carbonyl (C=O) groups is 2. The van der Waals surface area contributed by atoms with Crippen molar-refractivity contribution < 1.29 is 32.3 Å². The molecular formula is C28H24F3NO4. The monoisotopic (exact) mass is 495 g/mol. The first-order valence-electron chi connectivity index (χ1n) is 11.8. The number of hydrogen-bond acceptors (Lipinski definition) is 4. The Hall–Kier alpha value is -3.81. The fourth-order valence-electron chi connectivity index (χ4n) is 5.02. The largest absolute Gasteiger partial charge is 0.507 e. The van der Waals surface area contributed by atoms with Crippen molar-refractivity contribution in [3.8, 4) is 0 Å². The lowest BCUT2D eigenvalue weighted by atomic mass is 9.89. The minimum Gasteiger partial charge on any atom is -0.507 e. The molecule has 186 valence electrons. The van der Waals surface area contributed by atoms with E-state index in [-0.39, 0.29) is 29.2 Å². The summed E-state index contributed by atoms with van der Waals surface area (Å²) in [7, 11) is 0. The molecule has 2 aromatic carbocycles. The maximum Gasteiger partial charge on any atom is 0.416 e. The van der Waals surface area contributed by atoms with E-state index in [1.807, 2.05) is 12.1 Å². The van der Waals surface area contributed by atoms with Crippen LogP contribution in [0.5, 0.6) is 0 Å². The fourth-order valence-corrected chi connectivity index (χ4v) is 5.02. The van der Waals surface area contributed by atoms with Crippen molar-refractivity contribution in [1.82, 2.24) is 4.90 Å². The molecule has 1 fully saturated rings. The number of likely N-dealkylation sites (tertiary alicyclic amines) is 1. The normalized spacial score (nSPS) is 19.6. The number of ketones is 1. The van der Waals surface area contributed by atoms with Crippen molar-refractivity contribution in [2.45, 2.75) is 51.4 Å². The summed E-state index contributed by atoms with van der Waals surface area (Å²) in [5.74, 6) is -1.36. The lowest BCUT2D eigenvalue weighted by molar-refractivity contribution is -0.140. The van der Waals surface area contributed by atoms with Crippen LogP contribution in [0.15, 0.2) is 64.6 Å². The summed E-state index contributed by atoms with van der Waals surface area (Å²) in [4.78, 5) is 27.5. The van der Waals surface area contributed by atoms with E-state index >= 15 is 0 Å². The van der Waals surface area contributed by atoms with E-state index in [0.717, 1.165) is 48.3 Å². The van der Waals surface area contributed by atoms with Crippen molar-refractivity contribution in [2.75, 3.05) is 0 Å². The lowest BCUT2D eigenvalue weighted by Gasteiger charge is -2.24. The topological polar surface area (TPSA) is 70.8 Å². The number of fused-ring (bicyclic) bond motifs is 1. The smallest absolute Gasteiger partial charge is 0.416 e. The van der Waals surface area contributed by atoms with E-state index < -0.39 is 29.5 Å². The Bertz CT molecular complexity index is 1390. The molecule has 8 heteroatoms. The Morgan fingerprint density at radius 2 is 1.78 bits per heavy atom. The van der Waals surface area contributed by atoms with Crippen LogP contribution in [0.4, 0.5) is 13.2 Å². The van der Waals surface area contributed by atoms with Gasteiger partial charge in [-0.2, -0.15) is 13.2 Å². The van der Waals surface area contributed by atoms with Gasteiger partial charge in [0.05, 0.1) is 11.1 Å². The highest BCUT2D eigenvalue weighted by atomic mass is 19.4. The molecule has 1 N–H and O–H groups in total. The second kappa shape index (κ2) is 9.00. The number of hydrogen-bond donors (Lipinski definition) is 1. The van der Waals surface area contributed by atoms with Gasteiger partial charge in [0.25, 0.3) is 11.7 Å². The van der Waals surface area contributed by atoms with E-state index in [0.29, 0.717) is 11.3 Å². The molecule has 0 radical (unpaired) electrons. The molecule has 0 spiro atoms. The van der Waals surface area contributed by atoms with Crippen LogP contribution in [0, 0.1) is 6.92 Å². The van der Waals surface area contributed by atoms with Gasteiger partial charge in [-0.05, 0) is 79.6 Å². The van der Waals surface area contributed by atoms with E-state index in [2.05, 4.69) is 0 Å². The minimum atomic E-state index is -4.55. The molecule has 1 atom stereocenters. The fraction of sp³-hybridized carbons (Fsp3) is 0.286. The number of aliphatic hydroxyl groups is 1. The van der Waals surface area contributed by atoms with Gasteiger partial charge in [0.15, 0.2) is 0 Å². The first kappa shape index (κ1) is 23.9. The van der Waals surface area contributed by atoms with E-state index in [1.54, 1.807) is 25.1 Å². The van der Waals surface area contributed by atoms with Crippen molar-refractivity contribution in [2.24, 2.45) is 0 Å². The summed E-state index contributed by atoms with van der Waals surface area (Å²) >= 11 is 0. The third-order valence-corrected chi connectivity index (χ3v) is 6.80. The van der Waals surface area contributed by atoms with Gasteiger partial charge in [0.1, 0.15) is 23.3 Å². The van der Waals surface area contributed by atoms with E-state index in [1.165, 1.54) is 17.7 Å². The number of nitrogens with zero attached hydrogens (tertiary/aromatic N) is 1. The number of halogens is 3. The van der Waals surface area contributed by atoms with Gasteiger partial charge >= 0.3 is 6.18 Å². The van der Waals surface area contributed by atoms with Crippen molar-refractivity contribution >= 4 is 17.4 Å². The van der Waals surface area contributed by atoms with E-state index in [9.17, 15) is 27.9 Å². The van der Waals surface area contributed by atoms with E-state index in [4.69, 9.17) is 4.42 Å². The Kier molecular flexibility index (Phi) is 5.98. The Balaban J connectivity index is 1.59. The number of aryl methyl sites for hydroxylation is 3. The molecule has 2 heterocycles. The molecule has 0 saturated carbocycles. The molecule has 1 aliphatic heterocycles. The van der Waals surface area contributed by atoms with Gasteiger partial charge in [-0.25, -0.2) is 0 Å². The summed E-state index contributed by atoms with van der Waals surface area (Å²) in [6.07, 6.45) is -0.611. The number of aliphatic hydroxyl groups excluding tert-OH is 1. The van der Waals surface area contributed by atoms with Gasteiger partial charge < -0.3 is 14.4 Å². The number of carbonyl (C=O) groups excluding carboxylic acids is 2. The highest BCUT2D eigenvalue weighted by molar-refractivity contribution is 6.46. The number of Topliss-reactive ketones (excluding diaryl/α,β-unsaturated/α-hetero) is 1. The van der Waals surface area contributed by atoms with Gasteiger partial charge in [-0.15, -0.1) is 0 Å². The van der Waals surface area contributed by atoms with Crippen LogP contribution in [0.2, 0.25) is 0 Å². The Morgan fingerprint density at radius 3 is 2.47 bits per heavy atom. The zero-order valence-electron chi connectivity index (χ0n) is 19.6. The molecule has 0 bridgehead atoms. The molecule has 1 saturated heterocycles. The van der Waals surface area contributed by atoms with Crippen LogP contribution in [-0.4, -0.2) is 21.7 Å². The second-order valence-electron chi connectivity index (χ2n) is 9.26. The van der Waals surface area contributed by atoms with Gasteiger partial charge in [0, 0.05) is 12.1 Å². The average Bonchev–Trinajstić information content (AvgIpc) is 3.39. The van der Waals surface area contributed by atoms with Crippen molar-refractivity contribution in [3.63, 3.8) is 0 Å². The number of amides is 1. The highest BCUT2D eigenvalue weighted by Crippen LogP contribution is 2.41. The van der Waals surface area contributed by atoms with Crippen molar-refractivity contribution in [1.29, 1.82) is 0 Å². The third-order valence-electron chi connectivity index (χ3n) is 6.80. The Morgan fingerprint density at radius 1 is 1.03 bits per heavy atom. The summed E-state index contributed by atoms with van der Waals surface area (Å²) in [6, 6.07) is 12.3. The predicted octanol–water partition coefficient (Wildman–Crippen LogP) is 6.11. The maximum absolute atomic E-state index is 13.3. The molecule has 1 unspecified atom stereocenters. The second-order valence-corrected chi connectivity index (χ2v) is 9.26. The zero-order valence-corrected chi connectivity index (χ0v) is 19.6. The maximum atomic E-state index is 13.3. The number of benzene rings is 2. The number of furan rings is 1. The summed E-state index contributed by atoms with van der Waals surface area (Å²) in [5, 5.41) is 11.3. The highest BCUT2D eigenvalue weighted by Gasteiger charge is 2.47. The summed E-state index contributed by atoms with van der Waals surface area (Å²) < 4.78 is 45.5. The molecule has 5 rings (SSSR count). The SMILES string of the molecule is Cc1ccc(C2/C(=C(/O)c3ccc4c(c3)CCCC4)C(=O)C(=O)N2Cc2cccc(C(F)(F)F)c2)o1. The first-order chi connectivity index (χ1) is 17.1. The van der Waals surface area contributed by atoms with Crippen LogP contribution in [0.1, 0.15) is 58.2 Å². The number of alkyl halides is 3. The van der Waals surface area contributed by atoms with Crippen LogP contribution < -0.4 is 0 Å². The molecule has 1 aliphatic carbocycles. The first-order valence-corrected chi connectivity index (χ1v) is 11.8. The van der Waals surface area contributed by atoms with Crippen LogP contribution >= 0.6 is 0 Å². The van der Waals surface area contributed by atoms with Gasteiger partial charge in [-0.3, -0.25) is 9.59 Å². The number of rotatable bonds is 4. The molecule has 1 aromatic heterocycles. The Labute approximate surface area is 205 Å². The average molecular weight is 495 g/mol. The standard InChI is InChI=1S/C28H24F3NO4/c1-16-9-12-22(36-16)24-23(25(33)20-11-10-18-6-2-3-7-19(18)14-20)26(34)27(35)32(24)15-17-5-4-8-21(13-17)28(29,30)31/h4-5,8-14,24,33H,2-3,6-7,15H2,1H3/b25-23-. The summed E-state index contributed by atoms with van der Waals surface area (Å²) in [5.41, 5.74) is 1.91. The molecule has 5 nitrogen and oxygen atoms in total. The van der Waals surface area contributed by atoms with Crippen molar-refractivity contribution in [3.05, 3.63) is 99.5 Å². The predicted molar refractivity (Wildman–Crippen MR) is 126 cm³/mol. The van der Waals surface area contributed by atoms with Gasteiger partial charge in [-0.1, -0.05) is 24.3 Å². The van der Waals surface area contributed by atoms with Crippen LogP contribution in [0.3, 0.4) is 0 Å². The molecule has 1 amide bonds. The lowest BCUT2D eigenvalue weighted by Crippen LogP contribution is -2.29. The summed E-state index contributed by atoms with van der Waals surface area (Å²) in [6.45, 7) is 1.44. The van der Waals surface area contributed by atoms with Gasteiger partial charge in [0.2, 0.25) is 0 Å². The zero-order chi connectivity index (χ0) is 25.6. The minimum absolute atomic E-state index is 0.142. The van der Waals surface area contributed by atoms with Crippen LogP contribution in [-0.2, 0) is 35.2 Å². The van der Waals surface area contributed by atoms with Crippen LogP contribution in [0.25, 0.3) is 5.76 Å². The third kappa shape index (κ3) is 4.32. The quantitative estimate of drug-likeness (QED) is 0.269. The molecule has 3 aromatic rings. The molecular weight excluding hydrogens is 471 g/mol.